The molecule has 5 aromatic rings. The summed E-state index contributed by atoms with van der Waals surface area (Å²) in [4.78, 5) is 21.2. The normalized spacial score (nSPS) is 11.3. The van der Waals surface area contributed by atoms with E-state index in [9.17, 15) is 9.90 Å². The highest BCUT2D eigenvalue weighted by Gasteiger charge is 2.18. The van der Waals surface area contributed by atoms with Gasteiger partial charge in [-0.25, -0.2) is 4.79 Å². The Hall–Kier alpha value is -4.13. The van der Waals surface area contributed by atoms with Crippen LogP contribution in [0.1, 0.15) is 17.3 Å². The quantitative estimate of drug-likeness (QED) is 0.422. The Balaban J connectivity index is 1.65. The molecule has 0 atom stereocenters. The summed E-state index contributed by atoms with van der Waals surface area (Å²) in [6.45, 7) is 2.77. The molecule has 0 saturated carbocycles. The van der Waals surface area contributed by atoms with Crippen LogP contribution >= 0.6 is 0 Å². The standard InChI is InChI=1S/C24H21N5O2/c1-3-29-21-13-16(28(2)15-7-5-4-6-8-15)9-10-17(21)23(27-29)20-14-19-22(26-20)18(24(30)31)11-12-25-19/h4-14,26H,3H2,1-2H3,(H,30,31). The number of anilines is 2. The maximum absolute atomic E-state index is 11.6. The Morgan fingerprint density at radius 3 is 2.65 bits per heavy atom. The second-order valence-corrected chi connectivity index (χ2v) is 7.37. The predicted molar refractivity (Wildman–Crippen MR) is 122 cm³/mol. The van der Waals surface area contributed by atoms with Gasteiger partial charge in [0.05, 0.1) is 27.8 Å². The van der Waals surface area contributed by atoms with Crippen LogP contribution in [-0.4, -0.2) is 37.9 Å². The van der Waals surface area contributed by atoms with Crippen molar-refractivity contribution in [3.8, 4) is 11.4 Å². The fourth-order valence-electron chi connectivity index (χ4n) is 3.94. The lowest BCUT2D eigenvalue weighted by molar-refractivity contribution is 0.0698. The first-order valence-electron chi connectivity index (χ1n) is 10.1. The Bertz CT molecular complexity index is 1420. The second kappa shape index (κ2) is 7.28. The summed E-state index contributed by atoms with van der Waals surface area (Å²) in [7, 11) is 2.04. The van der Waals surface area contributed by atoms with Crippen molar-refractivity contribution in [1.82, 2.24) is 19.7 Å². The van der Waals surface area contributed by atoms with Crippen LogP contribution in [0.25, 0.3) is 33.3 Å². The molecule has 0 fully saturated rings. The van der Waals surface area contributed by atoms with Crippen LogP contribution in [-0.2, 0) is 6.54 Å². The number of H-pyrrole nitrogens is 1. The number of pyridine rings is 1. The average molecular weight is 411 g/mol. The van der Waals surface area contributed by atoms with Gasteiger partial charge >= 0.3 is 5.97 Å². The summed E-state index contributed by atoms with van der Waals surface area (Å²) >= 11 is 0. The summed E-state index contributed by atoms with van der Waals surface area (Å²) in [5, 5.41) is 15.3. The molecule has 154 valence electrons. The lowest BCUT2D eigenvalue weighted by Gasteiger charge is -2.19. The number of nitrogens with one attached hydrogen (secondary N) is 1. The number of carbonyl (C=O) groups is 1. The largest absolute Gasteiger partial charge is 0.478 e. The SMILES string of the molecule is CCn1nc(-c2cc3nccc(C(=O)O)c3[nH]2)c2ccc(N(C)c3ccccc3)cc21. The van der Waals surface area contributed by atoms with Gasteiger partial charge in [0.1, 0.15) is 5.69 Å². The first-order chi connectivity index (χ1) is 15.1. The zero-order valence-corrected chi connectivity index (χ0v) is 17.2. The number of carboxylic acid groups (broad SMARTS) is 1. The van der Waals surface area contributed by atoms with E-state index in [1.54, 1.807) is 0 Å². The van der Waals surface area contributed by atoms with Crippen molar-refractivity contribution in [3.63, 3.8) is 0 Å². The second-order valence-electron chi connectivity index (χ2n) is 7.37. The van der Waals surface area contributed by atoms with Gasteiger partial charge in [-0.05, 0) is 49.4 Å². The lowest BCUT2D eigenvalue weighted by atomic mass is 10.1. The van der Waals surface area contributed by atoms with Crippen LogP contribution in [0.15, 0.2) is 66.9 Å². The third-order valence-corrected chi connectivity index (χ3v) is 5.57. The van der Waals surface area contributed by atoms with Crippen molar-refractivity contribution < 1.29 is 9.90 Å². The number of aryl methyl sites for hydroxylation is 1. The van der Waals surface area contributed by atoms with Crippen molar-refractivity contribution in [2.75, 3.05) is 11.9 Å². The van der Waals surface area contributed by atoms with E-state index in [1.165, 1.54) is 12.3 Å². The molecule has 0 amide bonds. The molecule has 3 aromatic heterocycles. The van der Waals surface area contributed by atoms with Gasteiger partial charge in [0.2, 0.25) is 0 Å². The van der Waals surface area contributed by atoms with Crippen LogP contribution in [0.4, 0.5) is 11.4 Å². The van der Waals surface area contributed by atoms with Gasteiger partial charge < -0.3 is 15.0 Å². The summed E-state index contributed by atoms with van der Waals surface area (Å²) in [6, 6.07) is 19.8. The van der Waals surface area contributed by atoms with E-state index in [1.807, 2.05) is 36.0 Å². The molecule has 0 saturated heterocycles. The number of hydrogen-bond acceptors (Lipinski definition) is 4. The molecular weight excluding hydrogens is 390 g/mol. The number of nitrogens with zero attached hydrogens (tertiary/aromatic N) is 4. The molecule has 5 rings (SSSR count). The minimum atomic E-state index is -0.988. The van der Waals surface area contributed by atoms with Gasteiger partial charge in [-0.3, -0.25) is 9.67 Å². The van der Waals surface area contributed by atoms with Crippen LogP contribution < -0.4 is 4.90 Å². The Kier molecular flexibility index (Phi) is 4.43. The summed E-state index contributed by atoms with van der Waals surface area (Å²) in [5.41, 5.74) is 6.01. The van der Waals surface area contributed by atoms with Gasteiger partial charge in [0, 0.05) is 36.6 Å². The Labute approximate surface area is 178 Å². The monoisotopic (exact) mass is 411 g/mol. The van der Waals surface area contributed by atoms with Gasteiger partial charge in [-0.2, -0.15) is 5.10 Å². The van der Waals surface area contributed by atoms with Gasteiger partial charge in [-0.15, -0.1) is 0 Å². The molecule has 0 bridgehead atoms. The third kappa shape index (κ3) is 3.11. The zero-order valence-electron chi connectivity index (χ0n) is 17.2. The highest BCUT2D eigenvalue weighted by molar-refractivity contribution is 6.03. The molecule has 0 aliphatic heterocycles. The number of hydrogen-bond donors (Lipinski definition) is 2. The third-order valence-electron chi connectivity index (χ3n) is 5.57. The number of rotatable bonds is 5. The van der Waals surface area contributed by atoms with Crippen LogP contribution in [0.5, 0.6) is 0 Å². The Morgan fingerprint density at radius 2 is 1.90 bits per heavy atom. The number of aromatic nitrogens is 4. The number of benzene rings is 2. The van der Waals surface area contributed by atoms with E-state index in [0.717, 1.165) is 33.7 Å². The van der Waals surface area contributed by atoms with Crippen LogP contribution in [0.2, 0.25) is 0 Å². The maximum Gasteiger partial charge on any atom is 0.337 e. The number of aromatic amines is 1. The van der Waals surface area contributed by atoms with Gasteiger partial charge in [0.25, 0.3) is 0 Å². The molecular formula is C24H21N5O2. The molecule has 0 radical (unpaired) electrons. The molecule has 0 unspecified atom stereocenters. The first kappa shape index (κ1) is 18.9. The van der Waals surface area contributed by atoms with Crippen molar-refractivity contribution in [2.24, 2.45) is 0 Å². The van der Waals surface area contributed by atoms with E-state index in [4.69, 9.17) is 5.10 Å². The molecule has 7 nitrogen and oxygen atoms in total. The highest BCUT2D eigenvalue weighted by Crippen LogP contribution is 2.33. The molecule has 31 heavy (non-hydrogen) atoms. The molecule has 2 N–H and O–H groups in total. The molecule has 0 aliphatic carbocycles. The zero-order chi connectivity index (χ0) is 21.5. The van der Waals surface area contributed by atoms with E-state index >= 15 is 0 Å². The summed E-state index contributed by atoms with van der Waals surface area (Å²) in [6.07, 6.45) is 1.51. The fraction of sp³-hybridized carbons (Fsp3) is 0.125. The van der Waals surface area contributed by atoms with Crippen molar-refractivity contribution in [2.45, 2.75) is 13.5 Å². The number of aromatic carboxylic acids is 1. The van der Waals surface area contributed by atoms with Gasteiger partial charge in [-0.1, -0.05) is 18.2 Å². The molecule has 0 spiro atoms. The molecule has 7 heteroatoms. The van der Waals surface area contributed by atoms with E-state index in [2.05, 4.69) is 52.1 Å². The number of para-hydroxylation sites is 1. The predicted octanol–water partition coefficient (Wildman–Crippen LogP) is 5.07. The minimum absolute atomic E-state index is 0.197. The molecule has 3 heterocycles. The van der Waals surface area contributed by atoms with E-state index in [0.29, 0.717) is 17.6 Å². The lowest BCUT2D eigenvalue weighted by Crippen LogP contribution is -2.09. The maximum atomic E-state index is 11.6. The number of fused-ring (bicyclic) bond motifs is 2. The van der Waals surface area contributed by atoms with Crippen LogP contribution in [0.3, 0.4) is 0 Å². The molecule has 2 aromatic carbocycles. The Morgan fingerprint density at radius 1 is 1.10 bits per heavy atom. The summed E-state index contributed by atoms with van der Waals surface area (Å²) in [5.74, 6) is -0.988. The van der Waals surface area contributed by atoms with Crippen molar-refractivity contribution in [1.29, 1.82) is 0 Å². The topological polar surface area (TPSA) is 87.0 Å². The van der Waals surface area contributed by atoms with E-state index < -0.39 is 5.97 Å². The smallest absolute Gasteiger partial charge is 0.337 e. The first-order valence-corrected chi connectivity index (χ1v) is 10.1. The van der Waals surface area contributed by atoms with Crippen LogP contribution in [0, 0.1) is 0 Å². The summed E-state index contributed by atoms with van der Waals surface area (Å²) < 4.78 is 1.96. The number of carboxylic acids is 1. The van der Waals surface area contributed by atoms with Crippen molar-refractivity contribution >= 4 is 39.3 Å². The van der Waals surface area contributed by atoms with E-state index in [-0.39, 0.29) is 5.56 Å². The molecule has 0 aliphatic rings. The average Bonchev–Trinajstić information content (AvgIpc) is 3.39. The fourth-order valence-corrected chi connectivity index (χ4v) is 3.94. The minimum Gasteiger partial charge on any atom is -0.478 e. The van der Waals surface area contributed by atoms with Gasteiger partial charge in [0.15, 0.2) is 0 Å². The highest BCUT2D eigenvalue weighted by atomic mass is 16.4. The van der Waals surface area contributed by atoms with Crippen molar-refractivity contribution in [3.05, 3.63) is 72.4 Å².